The van der Waals surface area contributed by atoms with Gasteiger partial charge in [-0.05, 0) is 18.8 Å². The van der Waals surface area contributed by atoms with Crippen LogP contribution in [0.5, 0.6) is 0 Å². The van der Waals surface area contributed by atoms with Gasteiger partial charge in [0.25, 0.3) is 0 Å². The zero-order valence-electron chi connectivity index (χ0n) is 7.68. The van der Waals surface area contributed by atoms with E-state index in [1.807, 2.05) is 6.08 Å². The van der Waals surface area contributed by atoms with Crippen LogP contribution < -0.4 is 5.32 Å². The molecule has 0 aromatic carbocycles. The monoisotopic (exact) mass is 167 g/mol. The number of nitrogens with one attached hydrogen (secondary N) is 1. The summed E-state index contributed by atoms with van der Waals surface area (Å²) in [7, 11) is 0. The van der Waals surface area contributed by atoms with Gasteiger partial charge in [-0.1, -0.05) is 19.4 Å². The van der Waals surface area contributed by atoms with Gasteiger partial charge in [0.15, 0.2) is 0 Å². The molecule has 1 heterocycles. The van der Waals surface area contributed by atoms with E-state index >= 15 is 0 Å². The van der Waals surface area contributed by atoms with Crippen molar-refractivity contribution in [3.8, 4) is 0 Å². The maximum absolute atomic E-state index is 11.3. The van der Waals surface area contributed by atoms with Crippen LogP contribution in [0.25, 0.3) is 0 Å². The summed E-state index contributed by atoms with van der Waals surface area (Å²) in [5, 5.41) is 2.86. The number of carbonyl (C=O) groups excluding carboxylic acids is 1. The van der Waals surface area contributed by atoms with Crippen molar-refractivity contribution in [2.45, 2.75) is 26.2 Å². The van der Waals surface area contributed by atoms with E-state index in [2.05, 4.69) is 18.8 Å². The van der Waals surface area contributed by atoms with E-state index in [9.17, 15) is 4.79 Å². The summed E-state index contributed by atoms with van der Waals surface area (Å²) >= 11 is 0. The second-order valence-electron chi connectivity index (χ2n) is 3.37. The molecular weight excluding hydrogens is 150 g/mol. The van der Waals surface area contributed by atoms with Crippen LogP contribution in [0.4, 0.5) is 0 Å². The minimum absolute atomic E-state index is 0.197. The zero-order valence-corrected chi connectivity index (χ0v) is 7.68. The van der Waals surface area contributed by atoms with Crippen molar-refractivity contribution < 1.29 is 4.79 Å². The van der Waals surface area contributed by atoms with Crippen LogP contribution in [0.15, 0.2) is 12.7 Å². The third-order valence-electron chi connectivity index (χ3n) is 2.53. The highest BCUT2D eigenvalue weighted by atomic mass is 16.2. The Bertz CT molecular complexity index is 177. The number of hydrogen-bond donors (Lipinski definition) is 1. The van der Waals surface area contributed by atoms with Crippen LogP contribution in [0, 0.1) is 11.8 Å². The van der Waals surface area contributed by atoms with Crippen molar-refractivity contribution in [1.82, 2.24) is 5.32 Å². The Kier molecular flexibility index (Phi) is 3.32. The Labute approximate surface area is 74.0 Å². The van der Waals surface area contributed by atoms with E-state index in [1.165, 1.54) is 0 Å². The molecule has 2 heteroatoms. The number of carbonyl (C=O) groups is 1. The molecule has 1 amide bonds. The lowest BCUT2D eigenvalue weighted by Crippen LogP contribution is -2.23. The molecule has 0 saturated carbocycles. The molecule has 12 heavy (non-hydrogen) atoms. The molecule has 2 atom stereocenters. The Hall–Kier alpha value is -0.790. The average molecular weight is 167 g/mol. The Balaban J connectivity index is 2.52. The van der Waals surface area contributed by atoms with Gasteiger partial charge < -0.3 is 5.32 Å². The lowest BCUT2D eigenvalue weighted by molar-refractivity contribution is -0.123. The smallest absolute Gasteiger partial charge is 0.223 e. The van der Waals surface area contributed by atoms with E-state index in [4.69, 9.17) is 0 Å². The average Bonchev–Trinajstić information content (AvgIpc) is 2.47. The van der Waals surface area contributed by atoms with Crippen molar-refractivity contribution >= 4 is 5.91 Å². The summed E-state index contributed by atoms with van der Waals surface area (Å²) in [6, 6.07) is 0. The molecule has 1 N–H and O–H groups in total. The Morgan fingerprint density at radius 1 is 1.83 bits per heavy atom. The molecule has 1 aliphatic heterocycles. The number of rotatable bonds is 4. The van der Waals surface area contributed by atoms with Gasteiger partial charge in [-0.25, -0.2) is 0 Å². The zero-order chi connectivity index (χ0) is 8.97. The fourth-order valence-electron chi connectivity index (χ4n) is 1.84. The second kappa shape index (κ2) is 4.29. The van der Waals surface area contributed by atoms with E-state index in [1.54, 1.807) is 0 Å². The van der Waals surface area contributed by atoms with Crippen LogP contribution in [0.2, 0.25) is 0 Å². The number of amides is 1. The van der Waals surface area contributed by atoms with Crippen molar-refractivity contribution in [3.05, 3.63) is 12.7 Å². The highest BCUT2D eigenvalue weighted by Gasteiger charge is 2.29. The molecular formula is C10H17NO. The first-order valence-electron chi connectivity index (χ1n) is 4.69. The SMILES string of the molecule is C=CC(CCC)C1CCNC1=O. The summed E-state index contributed by atoms with van der Waals surface area (Å²) in [5.41, 5.74) is 0. The predicted molar refractivity (Wildman–Crippen MR) is 49.7 cm³/mol. The van der Waals surface area contributed by atoms with E-state index in [0.29, 0.717) is 5.92 Å². The van der Waals surface area contributed by atoms with Crippen molar-refractivity contribution in [2.24, 2.45) is 11.8 Å². The highest BCUT2D eigenvalue weighted by molar-refractivity contribution is 5.81. The normalized spacial score (nSPS) is 25.1. The molecule has 0 spiro atoms. The van der Waals surface area contributed by atoms with Gasteiger partial charge in [-0.15, -0.1) is 6.58 Å². The van der Waals surface area contributed by atoms with E-state index < -0.39 is 0 Å². The van der Waals surface area contributed by atoms with Gasteiger partial charge >= 0.3 is 0 Å². The lowest BCUT2D eigenvalue weighted by atomic mass is 9.87. The molecule has 68 valence electrons. The molecule has 1 aliphatic rings. The molecule has 0 aliphatic carbocycles. The standard InChI is InChI=1S/C10H17NO/c1-3-5-8(4-2)9-6-7-11-10(9)12/h4,8-9H,2-3,5-7H2,1H3,(H,11,12). The fraction of sp³-hybridized carbons (Fsp3) is 0.700. The predicted octanol–water partition coefficient (Wildman–Crippen LogP) is 1.72. The van der Waals surface area contributed by atoms with E-state index in [-0.39, 0.29) is 11.8 Å². The van der Waals surface area contributed by atoms with Crippen LogP contribution >= 0.6 is 0 Å². The maximum atomic E-state index is 11.3. The Morgan fingerprint density at radius 2 is 2.58 bits per heavy atom. The molecule has 2 nitrogen and oxygen atoms in total. The molecule has 0 bridgehead atoms. The van der Waals surface area contributed by atoms with Gasteiger partial charge in [0.2, 0.25) is 5.91 Å². The van der Waals surface area contributed by atoms with Crippen LogP contribution in [0.1, 0.15) is 26.2 Å². The molecule has 2 unspecified atom stereocenters. The van der Waals surface area contributed by atoms with Crippen LogP contribution in [-0.2, 0) is 4.79 Å². The van der Waals surface area contributed by atoms with Crippen LogP contribution in [0.3, 0.4) is 0 Å². The van der Waals surface area contributed by atoms with Gasteiger partial charge in [0.1, 0.15) is 0 Å². The van der Waals surface area contributed by atoms with Gasteiger partial charge in [-0.2, -0.15) is 0 Å². The topological polar surface area (TPSA) is 29.1 Å². The van der Waals surface area contributed by atoms with Crippen molar-refractivity contribution in [3.63, 3.8) is 0 Å². The maximum Gasteiger partial charge on any atom is 0.223 e. The molecule has 1 saturated heterocycles. The minimum atomic E-state index is 0.197. The van der Waals surface area contributed by atoms with Crippen LogP contribution in [-0.4, -0.2) is 12.5 Å². The van der Waals surface area contributed by atoms with Gasteiger partial charge in [-0.3, -0.25) is 4.79 Å². The summed E-state index contributed by atoms with van der Waals surface area (Å²) in [4.78, 5) is 11.3. The largest absolute Gasteiger partial charge is 0.356 e. The first-order chi connectivity index (χ1) is 5.79. The second-order valence-corrected chi connectivity index (χ2v) is 3.37. The lowest BCUT2D eigenvalue weighted by Gasteiger charge is -2.16. The van der Waals surface area contributed by atoms with Gasteiger partial charge in [0, 0.05) is 12.5 Å². The Morgan fingerprint density at radius 3 is 3.00 bits per heavy atom. The highest BCUT2D eigenvalue weighted by Crippen LogP contribution is 2.24. The molecule has 0 aromatic heterocycles. The fourth-order valence-corrected chi connectivity index (χ4v) is 1.84. The summed E-state index contributed by atoms with van der Waals surface area (Å²) < 4.78 is 0. The summed E-state index contributed by atoms with van der Waals surface area (Å²) in [6.07, 6.45) is 5.12. The number of allylic oxidation sites excluding steroid dienone is 1. The minimum Gasteiger partial charge on any atom is -0.356 e. The third kappa shape index (κ3) is 1.87. The third-order valence-corrected chi connectivity index (χ3v) is 2.53. The van der Waals surface area contributed by atoms with Gasteiger partial charge in [0.05, 0.1) is 0 Å². The number of hydrogen-bond acceptors (Lipinski definition) is 1. The van der Waals surface area contributed by atoms with Crippen molar-refractivity contribution in [2.75, 3.05) is 6.54 Å². The quantitative estimate of drug-likeness (QED) is 0.635. The molecule has 1 fully saturated rings. The van der Waals surface area contributed by atoms with Crippen molar-refractivity contribution in [1.29, 1.82) is 0 Å². The van der Waals surface area contributed by atoms with E-state index in [0.717, 1.165) is 25.8 Å². The molecule has 1 rings (SSSR count). The summed E-state index contributed by atoms with van der Waals surface area (Å²) in [6.45, 7) is 6.77. The summed E-state index contributed by atoms with van der Waals surface area (Å²) in [5.74, 6) is 0.799. The first-order valence-corrected chi connectivity index (χ1v) is 4.69. The first kappa shape index (κ1) is 9.30. The molecule has 0 radical (unpaired) electrons. The molecule has 0 aromatic rings.